The van der Waals surface area contributed by atoms with E-state index in [0.717, 1.165) is 0 Å². The fraction of sp³-hybridized carbons (Fsp3) is 0.353. The average molecular weight is 366 g/mol. The Bertz CT molecular complexity index is 703. The van der Waals surface area contributed by atoms with Crippen molar-refractivity contribution in [3.05, 3.63) is 50.7 Å². The van der Waals surface area contributed by atoms with Gasteiger partial charge in [0.05, 0.1) is 15.0 Å². The Morgan fingerprint density at radius 3 is 2.41 bits per heavy atom. The summed E-state index contributed by atoms with van der Waals surface area (Å²) in [5.74, 6) is 0. The van der Waals surface area contributed by atoms with Crippen molar-refractivity contribution in [1.82, 2.24) is 0 Å². The summed E-state index contributed by atoms with van der Waals surface area (Å²) >= 11 is 3.87. The van der Waals surface area contributed by atoms with Crippen LogP contribution in [0, 0.1) is 0 Å². The van der Waals surface area contributed by atoms with Crippen molar-refractivity contribution in [2.75, 3.05) is 16.8 Å². The van der Waals surface area contributed by atoms with E-state index in [1.165, 1.54) is 36.4 Å². The molecule has 2 heterocycles. The van der Waals surface area contributed by atoms with Gasteiger partial charge in [-0.1, -0.05) is 18.2 Å². The van der Waals surface area contributed by atoms with Crippen molar-refractivity contribution in [3.8, 4) is 0 Å². The van der Waals surface area contributed by atoms with E-state index < -0.39 is 0 Å². The number of anilines is 1. The number of thioether (sulfide) groups is 2. The summed E-state index contributed by atoms with van der Waals surface area (Å²) in [5.41, 5.74) is 4.65. The highest BCUT2D eigenvalue weighted by Crippen LogP contribution is 2.63. The molecule has 1 fully saturated rings. The van der Waals surface area contributed by atoms with Crippen LogP contribution in [0.3, 0.4) is 0 Å². The fourth-order valence-corrected chi connectivity index (χ4v) is 11.1. The zero-order valence-electron chi connectivity index (χ0n) is 12.8. The minimum Gasteiger partial charge on any atom is -0.275 e. The number of benzene rings is 1. The molecule has 1 aliphatic carbocycles. The van der Waals surface area contributed by atoms with Crippen molar-refractivity contribution in [2.45, 2.75) is 25.7 Å². The van der Waals surface area contributed by atoms with Gasteiger partial charge < -0.3 is 0 Å². The normalized spacial score (nSPS) is 24.2. The first-order valence-corrected chi connectivity index (χ1v) is 12.5. The van der Waals surface area contributed by atoms with Gasteiger partial charge in [-0.25, -0.2) is 0 Å². The van der Waals surface area contributed by atoms with Crippen LogP contribution in [0.5, 0.6) is 0 Å². The third-order valence-electron chi connectivity index (χ3n) is 4.21. The van der Waals surface area contributed by atoms with Crippen molar-refractivity contribution >= 4 is 54.6 Å². The molecule has 1 aromatic rings. The standard InChI is InChI=1S/C17H19NS4/c1-19-16-13-10-6-7-11-14-15(13)22(21-17(14)20-2)18(16)12-8-4-3-5-9-12/h3-5,8-9H,6-7,10-11H2,1-2H3. The molecule has 0 amide bonds. The SMILES string of the molecule is CSC1=C2CCCCC3=C(SC)N(c4ccccc4)S(=C23)S1. The van der Waals surface area contributed by atoms with Gasteiger partial charge in [0, 0.05) is 4.86 Å². The lowest BCUT2D eigenvalue weighted by Crippen LogP contribution is -2.10. The molecule has 1 atom stereocenters. The maximum absolute atomic E-state index is 2.61. The summed E-state index contributed by atoms with van der Waals surface area (Å²) in [6, 6.07) is 10.9. The van der Waals surface area contributed by atoms with Gasteiger partial charge >= 0.3 is 0 Å². The largest absolute Gasteiger partial charge is 0.275 e. The van der Waals surface area contributed by atoms with Crippen LogP contribution in [-0.4, -0.2) is 17.4 Å². The van der Waals surface area contributed by atoms with Gasteiger partial charge in [-0.3, -0.25) is 4.31 Å². The first-order valence-electron chi connectivity index (χ1n) is 7.55. The molecule has 5 heteroatoms. The van der Waals surface area contributed by atoms with Gasteiger partial charge in [-0.15, -0.1) is 23.5 Å². The predicted molar refractivity (Wildman–Crippen MR) is 109 cm³/mol. The molecule has 0 spiro atoms. The summed E-state index contributed by atoms with van der Waals surface area (Å²) in [6.45, 7) is 0. The second-order valence-electron chi connectivity index (χ2n) is 5.46. The predicted octanol–water partition coefficient (Wildman–Crippen LogP) is 6.25. The lowest BCUT2D eigenvalue weighted by atomic mass is 10.1. The monoisotopic (exact) mass is 365 g/mol. The quantitative estimate of drug-likeness (QED) is 0.460. The van der Waals surface area contributed by atoms with Crippen LogP contribution in [0.15, 0.2) is 50.7 Å². The molecule has 0 aromatic heterocycles. The molecule has 0 radical (unpaired) electrons. The maximum atomic E-state index is 2.61. The topological polar surface area (TPSA) is 3.24 Å². The average Bonchev–Trinajstić information content (AvgIpc) is 2.96. The van der Waals surface area contributed by atoms with E-state index in [2.05, 4.69) is 57.9 Å². The Balaban J connectivity index is 1.89. The molecule has 3 aliphatic rings. The first kappa shape index (κ1) is 15.3. The number of hydrogen-bond donors (Lipinski definition) is 0. The minimum absolute atomic E-state index is 0.140. The highest BCUT2D eigenvalue weighted by molar-refractivity contribution is 8.88. The van der Waals surface area contributed by atoms with Crippen molar-refractivity contribution in [2.24, 2.45) is 0 Å². The Kier molecular flexibility index (Phi) is 4.41. The van der Waals surface area contributed by atoms with Crippen LogP contribution in [0.4, 0.5) is 5.69 Å². The number of nitrogens with zero attached hydrogens (tertiary/aromatic N) is 1. The maximum Gasteiger partial charge on any atom is 0.0903 e. The third-order valence-corrected chi connectivity index (χ3v) is 10.9. The van der Waals surface area contributed by atoms with E-state index in [-0.39, 0.29) is 9.70 Å². The molecule has 0 N–H and O–H groups in total. The molecule has 1 unspecified atom stereocenters. The van der Waals surface area contributed by atoms with E-state index in [1.54, 1.807) is 20.2 Å². The summed E-state index contributed by atoms with van der Waals surface area (Å²) in [5, 5.41) is 1.50. The highest BCUT2D eigenvalue weighted by atomic mass is 33.1. The van der Waals surface area contributed by atoms with Crippen molar-refractivity contribution in [1.29, 1.82) is 0 Å². The first-order chi connectivity index (χ1) is 10.8. The Morgan fingerprint density at radius 2 is 1.73 bits per heavy atom. The lowest BCUT2D eigenvalue weighted by molar-refractivity contribution is 0.761. The molecule has 0 saturated heterocycles. The van der Waals surface area contributed by atoms with Gasteiger partial charge in [0.15, 0.2) is 0 Å². The van der Waals surface area contributed by atoms with Crippen LogP contribution >= 0.6 is 44.0 Å². The van der Waals surface area contributed by atoms with Gasteiger partial charge in [-0.05, 0) is 82.0 Å². The molecule has 4 rings (SSSR count). The summed E-state index contributed by atoms with van der Waals surface area (Å²) in [6.07, 6.45) is 9.67. The Labute approximate surface area is 147 Å². The van der Waals surface area contributed by atoms with Crippen molar-refractivity contribution in [3.63, 3.8) is 0 Å². The van der Waals surface area contributed by atoms with Gasteiger partial charge in [0.1, 0.15) is 0 Å². The fourth-order valence-electron chi connectivity index (χ4n) is 3.25. The molecule has 22 heavy (non-hydrogen) atoms. The Morgan fingerprint density at radius 1 is 1.00 bits per heavy atom. The molecule has 116 valence electrons. The second kappa shape index (κ2) is 6.34. The van der Waals surface area contributed by atoms with Gasteiger partial charge in [0.2, 0.25) is 0 Å². The van der Waals surface area contributed by atoms with Gasteiger partial charge in [-0.2, -0.15) is 0 Å². The van der Waals surface area contributed by atoms with Crippen LogP contribution in [0.1, 0.15) is 25.7 Å². The second-order valence-corrected chi connectivity index (χ2v) is 10.6. The van der Waals surface area contributed by atoms with E-state index >= 15 is 0 Å². The van der Waals surface area contributed by atoms with Gasteiger partial charge in [0.25, 0.3) is 0 Å². The summed E-state index contributed by atoms with van der Waals surface area (Å²) in [4.78, 5) is 1.68. The third kappa shape index (κ3) is 2.32. The molecule has 1 aromatic carbocycles. The summed E-state index contributed by atoms with van der Waals surface area (Å²) < 4.78 is 4.17. The number of para-hydroxylation sites is 1. The van der Waals surface area contributed by atoms with Crippen LogP contribution < -0.4 is 4.31 Å². The zero-order chi connectivity index (χ0) is 15.1. The number of allylic oxidation sites excluding steroid dienone is 2. The molecule has 2 aliphatic heterocycles. The molecule has 0 bridgehead atoms. The van der Waals surface area contributed by atoms with E-state index in [9.17, 15) is 0 Å². The zero-order valence-corrected chi connectivity index (χ0v) is 16.1. The molecule has 1 nitrogen and oxygen atoms in total. The lowest BCUT2D eigenvalue weighted by Gasteiger charge is -2.25. The van der Waals surface area contributed by atoms with E-state index in [1.807, 2.05) is 23.5 Å². The Hall–Kier alpha value is -0.230. The van der Waals surface area contributed by atoms with Crippen molar-refractivity contribution < 1.29 is 0 Å². The minimum atomic E-state index is 0.140. The highest BCUT2D eigenvalue weighted by Gasteiger charge is 2.39. The molecular weight excluding hydrogens is 346 g/mol. The van der Waals surface area contributed by atoms with Crippen LogP contribution in [0.2, 0.25) is 0 Å². The molecule has 1 saturated carbocycles. The van der Waals surface area contributed by atoms with Crippen LogP contribution in [0.25, 0.3) is 0 Å². The van der Waals surface area contributed by atoms with E-state index in [0.29, 0.717) is 0 Å². The molecular formula is C17H19NS4. The summed E-state index contributed by atoms with van der Waals surface area (Å²) in [7, 11) is 2.23. The number of hydrogen-bond acceptors (Lipinski definition) is 4. The smallest absolute Gasteiger partial charge is 0.0903 e. The number of rotatable bonds is 3. The van der Waals surface area contributed by atoms with E-state index in [4.69, 9.17) is 0 Å². The van der Waals surface area contributed by atoms with Crippen LogP contribution in [-0.2, 0) is 0 Å².